The Morgan fingerprint density at radius 3 is 2.42 bits per heavy atom. The number of hydrogen-bond acceptors (Lipinski definition) is 4. The van der Waals surface area contributed by atoms with Crippen LogP contribution in [-0.2, 0) is 4.79 Å². The molecule has 2 aromatic rings. The van der Waals surface area contributed by atoms with Crippen LogP contribution in [0.15, 0.2) is 42.5 Å². The number of urea groups is 1. The van der Waals surface area contributed by atoms with E-state index in [1.807, 2.05) is 18.2 Å². The average Bonchev–Trinajstić information content (AvgIpc) is 2.63. The molecule has 8 heteroatoms. The third-order valence-corrected chi connectivity index (χ3v) is 3.89. The number of carbonyl (C=O) groups excluding carboxylic acids is 2. The van der Waals surface area contributed by atoms with E-state index in [1.54, 1.807) is 24.3 Å². The summed E-state index contributed by atoms with van der Waals surface area (Å²) in [5.41, 5.74) is 1.12. The van der Waals surface area contributed by atoms with Gasteiger partial charge in [0.2, 0.25) is 5.91 Å². The lowest BCUT2D eigenvalue weighted by Crippen LogP contribution is -2.31. The molecule has 26 heavy (non-hydrogen) atoms. The zero-order valence-corrected chi connectivity index (χ0v) is 14.6. The maximum Gasteiger partial charge on any atom is 0.319 e. The molecule has 2 aromatic carbocycles. The number of anilines is 2. The van der Waals surface area contributed by atoms with Crippen LogP contribution in [0.2, 0.25) is 5.02 Å². The Balaban J connectivity index is 1.46. The van der Waals surface area contributed by atoms with Gasteiger partial charge < -0.3 is 25.4 Å². The maximum absolute atomic E-state index is 12.1. The summed E-state index contributed by atoms with van der Waals surface area (Å²) in [5.74, 6) is 0.818. The van der Waals surface area contributed by atoms with Gasteiger partial charge in [-0.25, -0.2) is 4.79 Å². The molecule has 0 radical (unpaired) electrons. The number of benzene rings is 2. The second-order valence-electron chi connectivity index (χ2n) is 5.52. The Morgan fingerprint density at radius 1 is 1.00 bits per heavy atom. The first kappa shape index (κ1) is 17.9. The molecule has 0 aromatic heterocycles. The number of para-hydroxylation sites is 1. The van der Waals surface area contributed by atoms with Crippen molar-refractivity contribution in [3.8, 4) is 11.5 Å². The Morgan fingerprint density at radius 2 is 1.69 bits per heavy atom. The molecule has 0 aliphatic carbocycles. The highest BCUT2D eigenvalue weighted by Gasteiger charge is 2.16. The molecule has 7 nitrogen and oxygen atoms in total. The van der Waals surface area contributed by atoms with E-state index in [4.69, 9.17) is 21.1 Å². The van der Waals surface area contributed by atoms with Gasteiger partial charge in [-0.15, -0.1) is 0 Å². The minimum Gasteiger partial charge on any atom is -0.486 e. The number of ether oxygens (including phenoxy) is 2. The number of carbonyl (C=O) groups is 2. The van der Waals surface area contributed by atoms with E-state index >= 15 is 0 Å². The fourth-order valence-electron chi connectivity index (χ4n) is 2.36. The van der Waals surface area contributed by atoms with Crippen LogP contribution in [0.25, 0.3) is 0 Å². The minimum atomic E-state index is -0.374. The molecular weight excluding hydrogens is 358 g/mol. The van der Waals surface area contributed by atoms with Crippen molar-refractivity contribution in [3.63, 3.8) is 0 Å². The Labute approximate surface area is 155 Å². The summed E-state index contributed by atoms with van der Waals surface area (Å²) in [6.45, 7) is 1.10. The van der Waals surface area contributed by atoms with Crippen LogP contribution in [-0.4, -0.2) is 31.7 Å². The fourth-order valence-corrected chi connectivity index (χ4v) is 2.56. The van der Waals surface area contributed by atoms with E-state index in [0.717, 1.165) is 0 Å². The summed E-state index contributed by atoms with van der Waals surface area (Å²) < 4.78 is 10.9. The molecule has 0 atom stereocenters. The molecule has 0 fully saturated rings. The van der Waals surface area contributed by atoms with E-state index in [1.165, 1.54) is 0 Å². The van der Waals surface area contributed by atoms with Crippen LogP contribution in [0.1, 0.15) is 6.42 Å². The van der Waals surface area contributed by atoms with Crippen molar-refractivity contribution in [3.05, 3.63) is 47.5 Å². The molecule has 3 amide bonds. The van der Waals surface area contributed by atoms with Crippen LogP contribution >= 0.6 is 11.6 Å². The van der Waals surface area contributed by atoms with E-state index in [0.29, 0.717) is 41.1 Å². The number of hydrogen-bond donors (Lipinski definition) is 3. The van der Waals surface area contributed by atoms with Crippen molar-refractivity contribution in [1.29, 1.82) is 0 Å². The summed E-state index contributed by atoms with van der Waals surface area (Å²) in [6.07, 6.45) is 0.104. The molecule has 0 unspecified atom stereocenters. The predicted octanol–water partition coefficient (Wildman–Crippen LogP) is 3.26. The first-order chi connectivity index (χ1) is 12.6. The van der Waals surface area contributed by atoms with Gasteiger partial charge in [0, 0.05) is 30.8 Å². The first-order valence-electron chi connectivity index (χ1n) is 8.11. The van der Waals surface area contributed by atoms with Gasteiger partial charge in [0.05, 0.1) is 10.7 Å². The highest BCUT2D eigenvalue weighted by Crippen LogP contribution is 2.37. The fraction of sp³-hybridized carbons (Fsp3) is 0.222. The zero-order chi connectivity index (χ0) is 18.4. The van der Waals surface area contributed by atoms with Gasteiger partial charge in [-0.3, -0.25) is 4.79 Å². The molecule has 0 saturated heterocycles. The summed E-state index contributed by atoms with van der Waals surface area (Å²) in [7, 11) is 0. The lowest BCUT2D eigenvalue weighted by molar-refractivity contribution is -0.116. The van der Waals surface area contributed by atoms with Gasteiger partial charge >= 0.3 is 6.03 Å². The SMILES string of the molecule is O=C(CCNC(=O)Nc1ccccc1)Nc1cc2c(cc1Cl)OCCO2. The van der Waals surface area contributed by atoms with E-state index in [-0.39, 0.29) is 24.9 Å². The van der Waals surface area contributed by atoms with E-state index in [2.05, 4.69) is 16.0 Å². The van der Waals surface area contributed by atoms with Crippen molar-refractivity contribution in [2.75, 3.05) is 30.4 Å². The van der Waals surface area contributed by atoms with Crippen LogP contribution in [0.5, 0.6) is 11.5 Å². The van der Waals surface area contributed by atoms with E-state index in [9.17, 15) is 9.59 Å². The minimum absolute atomic E-state index is 0.104. The van der Waals surface area contributed by atoms with Gasteiger partial charge in [0.15, 0.2) is 11.5 Å². The smallest absolute Gasteiger partial charge is 0.319 e. The maximum atomic E-state index is 12.1. The third kappa shape index (κ3) is 4.80. The number of rotatable bonds is 5. The molecule has 0 bridgehead atoms. The molecule has 0 spiro atoms. The zero-order valence-electron chi connectivity index (χ0n) is 13.9. The highest BCUT2D eigenvalue weighted by molar-refractivity contribution is 6.34. The number of nitrogens with one attached hydrogen (secondary N) is 3. The summed E-state index contributed by atoms with van der Waals surface area (Å²) in [4.78, 5) is 23.8. The van der Waals surface area contributed by atoms with Crippen molar-refractivity contribution < 1.29 is 19.1 Å². The molecule has 136 valence electrons. The quantitative estimate of drug-likeness (QED) is 0.748. The third-order valence-electron chi connectivity index (χ3n) is 3.58. The van der Waals surface area contributed by atoms with Gasteiger partial charge in [0.25, 0.3) is 0 Å². The second-order valence-corrected chi connectivity index (χ2v) is 5.93. The summed E-state index contributed by atoms with van der Waals surface area (Å²) in [5, 5.41) is 8.36. The van der Waals surface area contributed by atoms with Crippen LogP contribution < -0.4 is 25.4 Å². The number of fused-ring (bicyclic) bond motifs is 1. The van der Waals surface area contributed by atoms with Crippen LogP contribution in [0.4, 0.5) is 16.2 Å². The number of amides is 3. The Hall–Kier alpha value is -2.93. The van der Waals surface area contributed by atoms with Gasteiger partial charge in [0.1, 0.15) is 13.2 Å². The standard InChI is InChI=1S/C18H18ClN3O4/c19-13-10-15-16(26-9-8-25-15)11-14(13)22-17(23)6-7-20-18(24)21-12-4-2-1-3-5-12/h1-5,10-11H,6-9H2,(H,22,23)(H2,20,21,24). The van der Waals surface area contributed by atoms with Gasteiger partial charge in [-0.05, 0) is 12.1 Å². The normalized spacial score (nSPS) is 12.2. The van der Waals surface area contributed by atoms with Crippen molar-refractivity contribution in [2.24, 2.45) is 0 Å². The lowest BCUT2D eigenvalue weighted by Gasteiger charge is -2.20. The van der Waals surface area contributed by atoms with Crippen molar-refractivity contribution in [2.45, 2.75) is 6.42 Å². The molecule has 1 aliphatic rings. The van der Waals surface area contributed by atoms with E-state index < -0.39 is 0 Å². The topological polar surface area (TPSA) is 88.7 Å². The molecule has 3 N–H and O–H groups in total. The first-order valence-corrected chi connectivity index (χ1v) is 8.48. The molecule has 1 heterocycles. The predicted molar refractivity (Wildman–Crippen MR) is 99.2 cm³/mol. The lowest BCUT2D eigenvalue weighted by atomic mass is 10.2. The molecule has 3 rings (SSSR count). The monoisotopic (exact) mass is 375 g/mol. The van der Waals surface area contributed by atoms with Gasteiger partial charge in [-0.1, -0.05) is 29.8 Å². The van der Waals surface area contributed by atoms with Crippen molar-refractivity contribution in [1.82, 2.24) is 5.32 Å². The van der Waals surface area contributed by atoms with Crippen molar-refractivity contribution >= 4 is 34.9 Å². The number of halogens is 1. The summed E-state index contributed by atoms with van der Waals surface area (Å²) in [6, 6.07) is 11.9. The Bertz CT molecular complexity index is 799. The molecule has 0 saturated carbocycles. The van der Waals surface area contributed by atoms with Gasteiger partial charge in [-0.2, -0.15) is 0 Å². The average molecular weight is 376 g/mol. The van der Waals surface area contributed by atoms with Crippen LogP contribution in [0.3, 0.4) is 0 Å². The molecular formula is C18H18ClN3O4. The molecule has 1 aliphatic heterocycles. The second kappa shape index (κ2) is 8.44. The largest absolute Gasteiger partial charge is 0.486 e. The van der Waals surface area contributed by atoms with Crippen LogP contribution in [0, 0.1) is 0 Å². The Kier molecular flexibility index (Phi) is 5.80. The summed E-state index contributed by atoms with van der Waals surface area (Å²) >= 11 is 6.15. The highest BCUT2D eigenvalue weighted by atomic mass is 35.5.